The first-order valence-electron chi connectivity index (χ1n) is 6.52. The zero-order valence-corrected chi connectivity index (χ0v) is 11.9. The van der Waals surface area contributed by atoms with Gasteiger partial charge in [-0.15, -0.1) is 0 Å². The van der Waals surface area contributed by atoms with Crippen molar-refractivity contribution in [3.05, 3.63) is 29.6 Å². The predicted molar refractivity (Wildman–Crippen MR) is 72.8 cm³/mol. The van der Waals surface area contributed by atoms with Gasteiger partial charge in [0.15, 0.2) is 0 Å². The van der Waals surface area contributed by atoms with Crippen LogP contribution in [0.2, 0.25) is 0 Å². The summed E-state index contributed by atoms with van der Waals surface area (Å²) < 4.78 is 23.3. The molecule has 1 unspecified atom stereocenters. The van der Waals surface area contributed by atoms with Gasteiger partial charge in [-0.3, -0.25) is 4.79 Å². The van der Waals surface area contributed by atoms with Gasteiger partial charge in [0, 0.05) is 25.2 Å². The number of hydrogen-bond acceptors (Lipinski definition) is 4. The minimum atomic E-state index is -0.644. The van der Waals surface area contributed by atoms with Gasteiger partial charge in [0.25, 0.3) is 5.91 Å². The van der Waals surface area contributed by atoms with Gasteiger partial charge in [-0.1, -0.05) is 0 Å². The number of rotatable bonds is 3. The normalized spacial score (nSPS) is 17.5. The summed E-state index contributed by atoms with van der Waals surface area (Å²) in [6.45, 7) is 0.860. The second kappa shape index (κ2) is 6.43. The Morgan fingerprint density at radius 3 is 2.76 bits per heavy atom. The second-order valence-electron chi connectivity index (χ2n) is 4.72. The Kier molecular flexibility index (Phi) is 4.62. The van der Waals surface area contributed by atoms with Crippen LogP contribution in [0.15, 0.2) is 18.2 Å². The lowest BCUT2D eigenvalue weighted by atomic mass is 10.1. The quantitative estimate of drug-likeness (QED) is 0.915. The highest BCUT2D eigenvalue weighted by Gasteiger charge is 2.28. The molecule has 1 aromatic carbocycles. The Balaban J connectivity index is 1.98. The van der Waals surface area contributed by atoms with Crippen molar-refractivity contribution < 1.29 is 23.5 Å². The lowest BCUT2D eigenvalue weighted by Gasteiger charge is -2.15. The van der Waals surface area contributed by atoms with Crippen molar-refractivity contribution >= 4 is 12.0 Å². The molecule has 1 heterocycles. The molecule has 1 aromatic rings. The van der Waals surface area contributed by atoms with E-state index in [9.17, 15) is 14.0 Å². The molecule has 1 fully saturated rings. The standard InChI is InChI=1S/C14H17FN2O4/c1-20-10-3-4-11(12(15)7-10)13(18)16-9-5-6-17(8-9)14(19)21-2/h3-4,7,9H,5-6,8H2,1-2H3,(H,16,18). The maximum atomic E-state index is 13.8. The SMILES string of the molecule is COC(=O)N1CCC(NC(=O)c2ccc(OC)cc2F)C1. The van der Waals surface area contributed by atoms with Gasteiger partial charge in [-0.25, -0.2) is 9.18 Å². The van der Waals surface area contributed by atoms with Crippen molar-refractivity contribution in [1.82, 2.24) is 10.2 Å². The van der Waals surface area contributed by atoms with E-state index in [4.69, 9.17) is 4.74 Å². The van der Waals surface area contributed by atoms with Crippen molar-refractivity contribution in [2.45, 2.75) is 12.5 Å². The number of halogens is 1. The Hall–Kier alpha value is -2.31. The monoisotopic (exact) mass is 296 g/mol. The molecule has 0 saturated carbocycles. The number of amides is 2. The van der Waals surface area contributed by atoms with Gasteiger partial charge in [0.2, 0.25) is 0 Å². The molecular formula is C14H17FN2O4. The van der Waals surface area contributed by atoms with Gasteiger partial charge in [0.05, 0.1) is 19.8 Å². The number of hydrogen-bond donors (Lipinski definition) is 1. The molecule has 6 nitrogen and oxygen atoms in total. The van der Waals surface area contributed by atoms with Crippen LogP contribution in [0.4, 0.5) is 9.18 Å². The topological polar surface area (TPSA) is 67.9 Å². The van der Waals surface area contributed by atoms with Crippen LogP contribution in [-0.4, -0.2) is 50.3 Å². The molecule has 0 aromatic heterocycles. The largest absolute Gasteiger partial charge is 0.497 e. The zero-order valence-electron chi connectivity index (χ0n) is 11.9. The van der Waals surface area contributed by atoms with Crippen molar-refractivity contribution in [2.24, 2.45) is 0 Å². The van der Waals surface area contributed by atoms with E-state index in [1.807, 2.05) is 0 Å². The molecule has 0 aliphatic carbocycles. The van der Waals surface area contributed by atoms with E-state index in [0.29, 0.717) is 25.3 Å². The van der Waals surface area contributed by atoms with E-state index in [1.54, 1.807) is 0 Å². The summed E-state index contributed by atoms with van der Waals surface area (Å²) in [6.07, 6.45) is 0.181. The van der Waals surface area contributed by atoms with Crippen molar-refractivity contribution in [2.75, 3.05) is 27.3 Å². The molecule has 1 N–H and O–H groups in total. The molecule has 2 amide bonds. The number of benzene rings is 1. The van der Waals surface area contributed by atoms with Crippen LogP contribution in [-0.2, 0) is 4.74 Å². The van der Waals surface area contributed by atoms with Crippen LogP contribution in [0, 0.1) is 5.82 Å². The van der Waals surface area contributed by atoms with Crippen LogP contribution in [0.25, 0.3) is 0 Å². The Bertz CT molecular complexity index is 550. The van der Waals surface area contributed by atoms with E-state index in [2.05, 4.69) is 10.1 Å². The minimum Gasteiger partial charge on any atom is -0.497 e. The van der Waals surface area contributed by atoms with E-state index in [-0.39, 0.29) is 11.6 Å². The van der Waals surface area contributed by atoms with E-state index in [1.165, 1.54) is 31.3 Å². The molecule has 1 atom stereocenters. The van der Waals surface area contributed by atoms with Gasteiger partial charge < -0.3 is 19.7 Å². The first-order chi connectivity index (χ1) is 10.0. The van der Waals surface area contributed by atoms with Gasteiger partial charge >= 0.3 is 6.09 Å². The fraction of sp³-hybridized carbons (Fsp3) is 0.429. The molecule has 21 heavy (non-hydrogen) atoms. The lowest BCUT2D eigenvalue weighted by Crippen LogP contribution is -2.38. The summed E-state index contributed by atoms with van der Waals surface area (Å²) >= 11 is 0. The summed E-state index contributed by atoms with van der Waals surface area (Å²) in [7, 11) is 2.73. The molecule has 1 aliphatic rings. The van der Waals surface area contributed by atoms with Crippen LogP contribution in [0.1, 0.15) is 16.8 Å². The van der Waals surface area contributed by atoms with E-state index >= 15 is 0 Å². The Morgan fingerprint density at radius 2 is 2.14 bits per heavy atom. The first-order valence-corrected chi connectivity index (χ1v) is 6.52. The Morgan fingerprint density at radius 1 is 1.38 bits per heavy atom. The summed E-state index contributed by atoms with van der Waals surface area (Å²) in [5, 5.41) is 2.71. The van der Waals surface area contributed by atoms with Crippen molar-refractivity contribution in [1.29, 1.82) is 0 Å². The minimum absolute atomic E-state index is 0.0488. The maximum absolute atomic E-state index is 13.8. The predicted octanol–water partition coefficient (Wildman–Crippen LogP) is 1.40. The number of likely N-dealkylation sites (tertiary alicyclic amines) is 1. The van der Waals surface area contributed by atoms with Gasteiger partial charge in [-0.2, -0.15) is 0 Å². The summed E-state index contributed by atoms with van der Waals surface area (Å²) in [5.41, 5.74) is -0.0488. The van der Waals surface area contributed by atoms with E-state index < -0.39 is 17.8 Å². The highest BCUT2D eigenvalue weighted by Crippen LogP contribution is 2.17. The van der Waals surface area contributed by atoms with E-state index in [0.717, 1.165) is 6.07 Å². The first kappa shape index (κ1) is 15.1. The molecule has 0 bridgehead atoms. The number of nitrogens with one attached hydrogen (secondary N) is 1. The van der Waals surface area contributed by atoms with Gasteiger partial charge in [-0.05, 0) is 18.6 Å². The van der Waals surface area contributed by atoms with Crippen LogP contribution >= 0.6 is 0 Å². The molecule has 1 saturated heterocycles. The highest BCUT2D eigenvalue weighted by molar-refractivity contribution is 5.94. The molecular weight excluding hydrogens is 279 g/mol. The van der Waals surface area contributed by atoms with Crippen molar-refractivity contribution in [3.63, 3.8) is 0 Å². The molecule has 114 valence electrons. The fourth-order valence-electron chi connectivity index (χ4n) is 2.24. The average Bonchev–Trinajstić information content (AvgIpc) is 2.94. The maximum Gasteiger partial charge on any atom is 0.409 e. The fourth-order valence-corrected chi connectivity index (χ4v) is 2.24. The molecule has 0 spiro atoms. The number of ether oxygens (including phenoxy) is 2. The summed E-state index contributed by atoms with van der Waals surface area (Å²) in [4.78, 5) is 24.9. The average molecular weight is 296 g/mol. The lowest BCUT2D eigenvalue weighted by molar-refractivity contribution is 0.0930. The summed E-state index contributed by atoms with van der Waals surface area (Å²) in [5.74, 6) is -0.802. The third kappa shape index (κ3) is 3.42. The second-order valence-corrected chi connectivity index (χ2v) is 4.72. The molecule has 2 rings (SSSR count). The number of carbonyl (C=O) groups excluding carboxylic acids is 2. The Labute approximate surface area is 121 Å². The van der Waals surface area contributed by atoms with Crippen LogP contribution < -0.4 is 10.1 Å². The number of methoxy groups -OCH3 is 2. The van der Waals surface area contributed by atoms with Crippen LogP contribution in [0.3, 0.4) is 0 Å². The third-order valence-electron chi connectivity index (χ3n) is 3.38. The van der Waals surface area contributed by atoms with Crippen LogP contribution in [0.5, 0.6) is 5.75 Å². The third-order valence-corrected chi connectivity index (χ3v) is 3.38. The molecule has 7 heteroatoms. The summed E-state index contributed by atoms with van der Waals surface area (Å²) in [6, 6.07) is 3.84. The molecule has 0 radical (unpaired) electrons. The highest BCUT2D eigenvalue weighted by atomic mass is 19.1. The smallest absolute Gasteiger partial charge is 0.409 e. The number of carbonyl (C=O) groups is 2. The zero-order chi connectivity index (χ0) is 15.4. The molecule has 1 aliphatic heterocycles. The van der Waals surface area contributed by atoms with Crippen molar-refractivity contribution in [3.8, 4) is 5.75 Å². The van der Waals surface area contributed by atoms with Gasteiger partial charge in [0.1, 0.15) is 11.6 Å². The number of nitrogens with zero attached hydrogens (tertiary/aromatic N) is 1.